The summed E-state index contributed by atoms with van der Waals surface area (Å²) in [6.45, 7) is 8.41. The number of rotatable bonds is 7. The quantitative estimate of drug-likeness (QED) is 0.437. The fourth-order valence-corrected chi connectivity index (χ4v) is 3.59. The molecule has 0 aliphatic carbocycles. The van der Waals surface area contributed by atoms with E-state index < -0.39 is 5.91 Å². The maximum Gasteiger partial charge on any atom is 0.280 e. The van der Waals surface area contributed by atoms with Crippen molar-refractivity contribution in [3.63, 3.8) is 0 Å². The molecule has 4 aromatic rings. The molecule has 0 aliphatic rings. The number of hydrogen-bond donors (Lipinski definition) is 2. The first-order valence-electron chi connectivity index (χ1n) is 10.6. The lowest BCUT2D eigenvalue weighted by Gasteiger charge is -2.07. The molecule has 0 unspecified atom stereocenters. The normalized spacial score (nSPS) is 10.9. The van der Waals surface area contributed by atoms with Gasteiger partial charge in [-0.2, -0.15) is 0 Å². The first-order chi connectivity index (χ1) is 15.9. The largest absolute Gasteiger partial charge is 0.493 e. The Morgan fingerprint density at radius 2 is 1.88 bits per heavy atom. The van der Waals surface area contributed by atoms with Crippen LogP contribution in [0.4, 0.5) is 11.5 Å². The predicted octanol–water partition coefficient (Wildman–Crippen LogP) is 4.14. The number of nitrogens with two attached hydrogens (primary N) is 1. The van der Waals surface area contributed by atoms with E-state index in [2.05, 4.69) is 20.6 Å². The van der Waals surface area contributed by atoms with Gasteiger partial charge in [0.2, 0.25) is 5.89 Å². The zero-order valence-electron chi connectivity index (χ0n) is 19.0. The van der Waals surface area contributed by atoms with Gasteiger partial charge in [-0.1, -0.05) is 23.4 Å². The third-order valence-corrected chi connectivity index (χ3v) is 5.08. The Labute approximate surface area is 191 Å². The van der Waals surface area contributed by atoms with Gasteiger partial charge in [0.25, 0.3) is 5.91 Å². The first-order valence-corrected chi connectivity index (χ1v) is 10.6. The van der Waals surface area contributed by atoms with Crippen molar-refractivity contribution in [2.24, 2.45) is 0 Å². The Kier molecular flexibility index (Phi) is 6.12. The van der Waals surface area contributed by atoms with Crippen molar-refractivity contribution in [2.45, 2.75) is 34.2 Å². The second-order valence-corrected chi connectivity index (χ2v) is 7.76. The number of para-hydroxylation sites is 1. The Hall–Kier alpha value is -4.14. The zero-order chi connectivity index (χ0) is 23.5. The Morgan fingerprint density at radius 1 is 1.15 bits per heavy atom. The van der Waals surface area contributed by atoms with Crippen LogP contribution >= 0.6 is 0 Å². The SMILES string of the molecule is CCOc1ccccc1-c1nc(Cn2nnc(C(=O)Nc3cc(C)cc(C)c3)c2N)c(C)o1. The van der Waals surface area contributed by atoms with E-state index in [4.69, 9.17) is 14.9 Å². The number of aryl methyl sites for hydroxylation is 3. The average Bonchev–Trinajstić information content (AvgIpc) is 3.31. The van der Waals surface area contributed by atoms with Gasteiger partial charge < -0.3 is 20.2 Å². The number of ether oxygens (including phenoxy) is 1. The van der Waals surface area contributed by atoms with E-state index in [-0.39, 0.29) is 18.1 Å². The summed E-state index contributed by atoms with van der Waals surface area (Å²) in [5.41, 5.74) is 10.4. The van der Waals surface area contributed by atoms with Crippen LogP contribution in [0.2, 0.25) is 0 Å². The summed E-state index contributed by atoms with van der Waals surface area (Å²) in [4.78, 5) is 17.3. The van der Waals surface area contributed by atoms with E-state index in [9.17, 15) is 4.79 Å². The summed E-state index contributed by atoms with van der Waals surface area (Å²) < 4.78 is 13.0. The van der Waals surface area contributed by atoms with Gasteiger partial charge in [-0.05, 0) is 63.1 Å². The fraction of sp³-hybridized carbons (Fsp3) is 0.250. The van der Waals surface area contributed by atoms with Gasteiger partial charge in [-0.3, -0.25) is 4.79 Å². The number of nitrogens with zero attached hydrogens (tertiary/aromatic N) is 4. The molecule has 9 nitrogen and oxygen atoms in total. The first kappa shape index (κ1) is 22.1. The Morgan fingerprint density at radius 3 is 2.61 bits per heavy atom. The molecule has 2 aromatic heterocycles. The van der Waals surface area contributed by atoms with Crippen LogP contribution in [0.15, 0.2) is 46.9 Å². The number of amides is 1. The number of benzene rings is 2. The third kappa shape index (κ3) is 4.72. The monoisotopic (exact) mass is 446 g/mol. The Bertz CT molecular complexity index is 1290. The fourth-order valence-electron chi connectivity index (χ4n) is 3.59. The van der Waals surface area contributed by atoms with Crippen molar-refractivity contribution in [3.05, 3.63) is 70.7 Å². The summed E-state index contributed by atoms with van der Waals surface area (Å²) in [7, 11) is 0. The average molecular weight is 447 g/mol. The van der Waals surface area contributed by atoms with Crippen molar-refractivity contribution in [1.82, 2.24) is 20.0 Å². The molecule has 33 heavy (non-hydrogen) atoms. The van der Waals surface area contributed by atoms with Crippen molar-refractivity contribution < 1.29 is 13.9 Å². The number of hydrogen-bond acceptors (Lipinski definition) is 7. The maximum atomic E-state index is 12.7. The van der Waals surface area contributed by atoms with Crippen LogP contribution < -0.4 is 15.8 Å². The molecule has 0 saturated carbocycles. The highest BCUT2D eigenvalue weighted by molar-refractivity contribution is 6.05. The zero-order valence-corrected chi connectivity index (χ0v) is 19.0. The molecule has 0 radical (unpaired) electrons. The number of anilines is 2. The molecular formula is C24H26N6O3. The van der Waals surface area contributed by atoms with Crippen molar-refractivity contribution in [2.75, 3.05) is 17.7 Å². The lowest BCUT2D eigenvalue weighted by Crippen LogP contribution is -2.15. The van der Waals surface area contributed by atoms with Gasteiger partial charge in [0, 0.05) is 5.69 Å². The minimum absolute atomic E-state index is 0.0530. The molecular weight excluding hydrogens is 420 g/mol. The van der Waals surface area contributed by atoms with Gasteiger partial charge in [0.15, 0.2) is 11.5 Å². The van der Waals surface area contributed by atoms with E-state index in [0.29, 0.717) is 35.4 Å². The molecule has 1 amide bonds. The highest BCUT2D eigenvalue weighted by Crippen LogP contribution is 2.31. The van der Waals surface area contributed by atoms with Crippen LogP contribution in [0.25, 0.3) is 11.5 Å². The molecule has 0 fully saturated rings. The van der Waals surface area contributed by atoms with E-state index in [1.807, 2.05) is 70.2 Å². The van der Waals surface area contributed by atoms with E-state index >= 15 is 0 Å². The van der Waals surface area contributed by atoms with Gasteiger partial charge in [-0.15, -0.1) is 5.10 Å². The predicted molar refractivity (Wildman–Crippen MR) is 125 cm³/mol. The second-order valence-electron chi connectivity index (χ2n) is 7.76. The summed E-state index contributed by atoms with van der Waals surface area (Å²) >= 11 is 0. The molecule has 3 N–H and O–H groups in total. The van der Waals surface area contributed by atoms with Gasteiger partial charge in [0.05, 0.1) is 18.7 Å². The van der Waals surface area contributed by atoms with Crippen LogP contribution in [-0.4, -0.2) is 32.5 Å². The molecule has 0 atom stereocenters. The summed E-state index contributed by atoms with van der Waals surface area (Å²) in [6.07, 6.45) is 0. The molecule has 170 valence electrons. The highest BCUT2D eigenvalue weighted by Gasteiger charge is 2.21. The van der Waals surface area contributed by atoms with Crippen molar-refractivity contribution >= 4 is 17.4 Å². The molecule has 2 heterocycles. The van der Waals surface area contributed by atoms with Crippen LogP contribution in [-0.2, 0) is 6.54 Å². The number of nitrogen functional groups attached to an aromatic ring is 1. The van der Waals surface area contributed by atoms with E-state index in [0.717, 1.165) is 16.7 Å². The number of carbonyl (C=O) groups excluding carboxylic acids is 1. The third-order valence-electron chi connectivity index (χ3n) is 5.08. The number of carbonyl (C=O) groups is 1. The van der Waals surface area contributed by atoms with Gasteiger partial charge in [0.1, 0.15) is 17.2 Å². The number of nitrogens with one attached hydrogen (secondary N) is 1. The van der Waals surface area contributed by atoms with Gasteiger partial charge >= 0.3 is 0 Å². The van der Waals surface area contributed by atoms with Crippen LogP contribution in [0.5, 0.6) is 5.75 Å². The lowest BCUT2D eigenvalue weighted by atomic mass is 10.1. The smallest absolute Gasteiger partial charge is 0.280 e. The molecule has 9 heteroatoms. The lowest BCUT2D eigenvalue weighted by molar-refractivity contribution is 0.102. The molecule has 0 spiro atoms. The molecule has 0 aliphatic heterocycles. The highest BCUT2D eigenvalue weighted by atomic mass is 16.5. The summed E-state index contributed by atoms with van der Waals surface area (Å²) in [5.74, 6) is 1.48. The van der Waals surface area contributed by atoms with Gasteiger partial charge in [-0.25, -0.2) is 9.67 Å². The van der Waals surface area contributed by atoms with Crippen molar-refractivity contribution in [3.8, 4) is 17.2 Å². The minimum Gasteiger partial charge on any atom is -0.493 e. The Balaban J connectivity index is 1.55. The maximum absolute atomic E-state index is 12.7. The molecule has 0 bridgehead atoms. The summed E-state index contributed by atoms with van der Waals surface area (Å²) in [6, 6.07) is 13.3. The number of aromatic nitrogens is 4. The van der Waals surface area contributed by atoms with Crippen LogP contribution in [0, 0.1) is 20.8 Å². The standard InChI is InChI=1S/C24H26N6O3/c1-5-32-20-9-7-6-8-18(20)24-27-19(16(4)33-24)13-30-22(25)21(28-29-30)23(31)26-17-11-14(2)10-15(3)12-17/h6-12H,5,13,25H2,1-4H3,(H,26,31). The van der Waals surface area contributed by atoms with E-state index in [1.165, 1.54) is 4.68 Å². The molecule has 2 aromatic carbocycles. The second kappa shape index (κ2) is 9.15. The molecule has 0 saturated heterocycles. The summed E-state index contributed by atoms with van der Waals surface area (Å²) in [5, 5.41) is 10.9. The minimum atomic E-state index is -0.424. The van der Waals surface area contributed by atoms with Crippen LogP contribution in [0.1, 0.15) is 40.0 Å². The van der Waals surface area contributed by atoms with Crippen LogP contribution in [0.3, 0.4) is 0 Å². The van der Waals surface area contributed by atoms with E-state index in [1.54, 1.807) is 0 Å². The van der Waals surface area contributed by atoms with Crippen molar-refractivity contribution in [1.29, 1.82) is 0 Å². The molecule has 4 rings (SSSR count). The topological polar surface area (TPSA) is 121 Å². The number of oxazole rings is 1.